The van der Waals surface area contributed by atoms with E-state index >= 15 is 0 Å². The molecule has 0 bridgehead atoms. The average Bonchev–Trinajstić information content (AvgIpc) is 3.39. The summed E-state index contributed by atoms with van der Waals surface area (Å²) in [6.45, 7) is 12.9. The number of carbonyl (C=O) groups excluding carboxylic acids is 4. The highest BCUT2D eigenvalue weighted by Gasteiger charge is 2.78. The van der Waals surface area contributed by atoms with Gasteiger partial charge in [-0.3, -0.25) is 19.2 Å². The average molecular weight is 543 g/mol. The molecule has 2 saturated carbocycles. The fraction of sp³-hybridized carbons (Fsp3) is 0.769. The molecule has 11 atom stereocenters. The zero-order valence-electron chi connectivity index (χ0n) is 21.9. The van der Waals surface area contributed by atoms with E-state index in [-0.39, 0.29) is 12.8 Å². The highest BCUT2D eigenvalue weighted by molar-refractivity contribution is 6.23. The lowest BCUT2D eigenvalue weighted by Crippen LogP contribution is -2.70. The molecule has 0 aromatic rings. The number of hydrogen-bond donors (Lipinski definition) is 1. The third-order valence-electron chi connectivity index (χ3n) is 8.88. The van der Waals surface area contributed by atoms with E-state index in [9.17, 15) is 24.3 Å². The molecule has 4 fully saturated rings. The Kier molecular flexibility index (Phi) is 6.95. The molecule has 2 aliphatic heterocycles. The smallest absolute Gasteiger partial charge is 0.312 e. The Balaban J connectivity index is 2.01. The first-order chi connectivity index (χ1) is 17.1. The van der Waals surface area contributed by atoms with Gasteiger partial charge in [-0.05, 0) is 26.7 Å². The number of fused-ring (bicyclic) bond motifs is 4. The van der Waals surface area contributed by atoms with Crippen molar-refractivity contribution in [2.75, 3.05) is 0 Å². The number of carbonyl (C=O) groups is 4. The molecule has 1 unspecified atom stereocenters. The van der Waals surface area contributed by atoms with Crippen LogP contribution >= 0.6 is 11.6 Å². The van der Waals surface area contributed by atoms with Crippen LogP contribution in [0, 0.1) is 17.3 Å². The van der Waals surface area contributed by atoms with Crippen LogP contribution in [0.2, 0.25) is 0 Å². The van der Waals surface area contributed by atoms with Gasteiger partial charge in [0, 0.05) is 33.1 Å². The van der Waals surface area contributed by atoms with Crippen LogP contribution in [0.15, 0.2) is 12.2 Å². The van der Waals surface area contributed by atoms with Crippen LogP contribution in [-0.4, -0.2) is 76.1 Å². The van der Waals surface area contributed by atoms with Crippen molar-refractivity contribution in [3.8, 4) is 0 Å². The minimum absolute atomic E-state index is 0.245. The summed E-state index contributed by atoms with van der Waals surface area (Å²) in [7, 11) is 0. The lowest BCUT2D eigenvalue weighted by atomic mass is 9.53. The first-order valence-electron chi connectivity index (χ1n) is 12.5. The van der Waals surface area contributed by atoms with Crippen molar-refractivity contribution in [3.63, 3.8) is 0 Å². The van der Waals surface area contributed by atoms with Gasteiger partial charge in [-0.1, -0.05) is 19.1 Å². The fourth-order valence-electron chi connectivity index (χ4n) is 6.94. The van der Waals surface area contributed by atoms with Crippen LogP contribution in [0.3, 0.4) is 0 Å². The van der Waals surface area contributed by atoms with Gasteiger partial charge < -0.3 is 28.8 Å². The van der Waals surface area contributed by atoms with Gasteiger partial charge in [0.15, 0.2) is 11.7 Å². The number of hydrogen-bond acceptors (Lipinski definition) is 10. The molecule has 11 heteroatoms. The van der Waals surface area contributed by atoms with E-state index in [0.29, 0.717) is 12.0 Å². The molecule has 10 nitrogen and oxygen atoms in total. The standard InChI is InChI=1S/C26H35ClO10/c1-11-8-9-16(33-13(3)28)24(6)17(34-14(4)29)10-18-25(7,37-18)20(24)22(35-15(5)30)26(32)12(2)23(31)36-21(26)19(11)27/h12,16-22,32H,1,8-10H2,2-7H3/t12-,16-,17-,18+,19-,20-,21-,22?,24-,25+,26-/m1/s1. The third-order valence-corrected chi connectivity index (χ3v) is 9.42. The minimum atomic E-state index is -2.10. The van der Waals surface area contributed by atoms with Gasteiger partial charge in [-0.15, -0.1) is 11.6 Å². The summed E-state index contributed by atoms with van der Waals surface area (Å²) < 4.78 is 29.3. The lowest BCUT2D eigenvalue weighted by molar-refractivity contribution is -0.236. The molecule has 0 spiro atoms. The van der Waals surface area contributed by atoms with E-state index in [1.54, 1.807) is 6.92 Å². The molecule has 0 amide bonds. The van der Waals surface area contributed by atoms with Crippen molar-refractivity contribution < 1.29 is 48.0 Å². The normalized spacial score (nSPS) is 46.9. The predicted molar refractivity (Wildman–Crippen MR) is 128 cm³/mol. The maximum atomic E-state index is 12.9. The number of aliphatic hydroxyl groups is 1. The molecule has 0 aromatic carbocycles. The minimum Gasteiger partial charge on any atom is -0.462 e. The summed E-state index contributed by atoms with van der Waals surface area (Å²) in [6, 6.07) is 0. The van der Waals surface area contributed by atoms with Gasteiger partial charge in [-0.25, -0.2) is 0 Å². The molecule has 206 valence electrons. The number of ether oxygens (including phenoxy) is 5. The quantitative estimate of drug-likeness (QED) is 0.186. The summed E-state index contributed by atoms with van der Waals surface area (Å²) in [5.41, 5.74) is -3.84. The monoisotopic (exact) mass is 542 g/mol. The van der Waals surface area contributed by atoms with E-state index in [1.807, 2.05) is 6.92 Å². The molecule has 37 heavy (non-hydrogen) atoms. The Morgan fingerprint density at radius 1 is 1.05 bits per heavy atom. The summed E-state index contributed by atoms with van der Waals surface area (Å²) in [5.74, 6) is -4.56. The molecule has 2 aliphatic carbocycles. The molecular weight excluding hydrogens is 508 g/mol. The van der Waals surface area contributed by atoms with Crippen molar-refractivity contribution in [2.45, 2.75) is 108 Å². The van der Waals surface area contributed by atoms with Crippen LogP contribution in [0.4, 0.5) is 0 Å². The van der Waals surface area contributed by atoms with Crippen LogP contribution in [0.5, 0.6) is 0 Å². The number of halogens is 1. The highest BCUT2D eigenvalue weighted by Crippen LogP contribution is 2.65. The first kappa shape index (κ1) is 27.9. The summed E-state index contributed by atoms with van der Waals surface area (Å²) >= 11 is 6.75. The van der Waals surface area contributed by atoms with Crippen molar-refractivity contribution in [3.05, 3.63) is 12.2 Å². The van der Waals surface area contributed by atoms with Gasteiger partial charge in [0.05, 0.1) is 28.4 Å². The van der Waals surface area contributed by atoms with Gasteiger partial charge in [0.1, 0.15) is 18.3 Å². The SMILES string of the molecule is C=C1CC[C@@H](OC(C)=O)[C@]2(C)[C@H](OC(C)=O)C[C@@H]3O[C@]3(C)[C@@H]2C(OC(C)=O)[C@@]2(O)[C@H](C)C(=O)O[C@@H]2[C@@H]1Cl. The Bertz CT molecular complexity index is 1030. The van der Waals surface area contributed by atoms with Gasteiger partial charge >= 0.3 is 23.9 Å². The Morgan fingerprint density at radius 2 is 1.62 bits per heavy atom. The predicted octanol–water partition coefficient (Wildman–Crippen LogP) is 2.22. The molecule has 4 rings (SSSR count). The first-order valence-corrected chi connectivity index (χ1v) is 13.0. The van der Waals surface area contributed by atoms with Crippen molar-refractivity contribution >= 4 is 35.5 Å². The fourth-order valence-corrected chi connectivity index (χ4v) is 7.30. The zero-order chi connectivity index (χ0) is 27.7. The van der Waals surface area contributed by atoms with Crippen LogP contribution in [0.1, 0.15) is 60.8 Å². The molecule has 1 N–H and O–H groups in total. The van der Waals surface area contributed by atoms with Crippen molar-refractivity contribution in [1.29, 1.82) is 0 Å². The number of rotatable bonds is 3. The Morgan fingerprint density at radius 3 is 2.19 bits per heavy atom. The Hall–Kier alpha value is -2.17. The molecule has 2 heterocycles. The zero-order valence-corrected chi connectivity index (χ0v) is 22.7. The van der Waals surface area contributed by atoms with Crippen molar-refractivity contribution in [2.24, 2.45) is 17.3 Å². The molecular formula is C26H35ClO10. The van der Waals surface area contributed by atoms with Gasteiger partial charge in [0.25, 0.3) is 0 Å². The van der Waals surface area contributed by atoms with Crippen LogP contribution in [0.25, 0.3) is 0 Å². The molecule has 0 aromatic heterocycles. The number of epoxide rings is 1. The van der Waals surface area contributed by atoms with Crippen LogP contribution in [-0.2, 0) is 42.9 Å². The maximum absolute atomic E-state index is 12.9. The molecule has 0 radical (unpaired) electrons. The van der Waals surface area contributed by atoms with Gasteiger partial charge in [-0.2, -0.15) is 0 Å². The second kappa shape index (κ2) is 9.24. The summed E-state index contributed by atoms with van der Waals surface area (Å²) in [4.78, 5) is 50.0. The van der Waals surface area contributed by atoms with E-state index in [2.05, 4.69) is 6.58 Å². The number of alkyl halides is 1. The largest absolute Gasteiger partial charge is 0.462 e. The van der Waals surface area contributed by atoms with E-state index in [4.69, 9.17) is 35.3 Å². The maximum Gasteiger partial charge on any atom is 0.312 e. The molecule has 2 saturated heterocycles. The summed E-state index contributed by atoms with van der Waals surface area (Å²) in [5, 5.41) is 11.4. The second-order valence-electron chi connectivity index (χ2n) is 11.2. The van der Waals surface area contributed by atoms with Gasteiger partial charge in [0.2, 0.25) is 0 Å². The third kappa shape index (κ3) is 4.25. The summed E-state index contributed by atoms with van der Waals surface area (Å²) in [6.07, 6.45) is -3.96. The van der Waals surface area contributed by atoms with E-state index in [1.165, 1.54) is 27.7 Å². The molecule has 4 aliphatic rings. The van der Waals surface area contributed by atoms with Crippen LogP contribution < -0.4 is 0 Å². The van der Waals surface area contributed by atoms with E-state index < -0.39 is 88.2 Å². The van der Waals surface area contributed by atoms with E-state index in [0.717, 1.165) is 0 Å². The Labute approximate surface area is 220 Å². The number of esters is 4. The van der Waals surface area contributed by atoms with Crippen molar-refractivity contribution in [1.82, 2.24) is 0 Å². The topological polar surface area (TPSA) is 138 Å². The lowest BCUT2D eigenvalue weighted by Gasteiger charge is -2.56. The highest BCUT2D eigenvalue weighted by atomic mass is 35.5. The second-order valence-corrected chi connectivity index (χ2v) is 11.6.